The highest BCUT2D eigenvalue weighted by Crippen LogP contribution is 2.64. The van der Waals surface area contributed by atoms with Crippen LogP contribution >= 0.6 is 0 Å². The highest BCUT2D eigenvalue weighted by molar-refractivity contribution is 5.79. The number of rotatable bonds is 4. The molecule has 1 heterocycles. The lowest BCUT2D eigenvalue weighted by Gasteiger charge is -2.56. The monoisotopic (exact) mass is 498 g/mol. The maximum absolute atomic E-state index is 13.3. The molecule has 4 aliphatic rings. The summed E-state index contributed by atoms with van der Waals surface area (Å²) in [4.78, 5) is 25.4. The predicted octanol–water partition coefficient (Wildman–Crippen LogP) is 6.52. The van der Waals surface area contributed by atoms with E-state index in [4.69, 9.17) is 4.74 Å². The predicted molar refractivity (Wildman–Crippen MR) is 143 cm³/mol. The third-order valence-electron chi connectivity index (χ3n) is 10.3. The molecule has 2 N–H and O–H groups in total. The molecule has 5 nitrogen and oxygen atoms in total. The number of alkyl carbamates (subject to hydrolysis) is 1. The fourth-order valence-electron chi connectivity index (χ4n) is 8.27. The average Bonchev–Trinajstić information content (AvgIpc) is 3.24. The number of piperidine rings is 1. The van der Waals surface area contributed by atoms with E-state index in [1.807, 2.05) is 60.7 Å². The van der Waals surface area contributed by atoms with Gasteiger partial charge in [-0.1, -0.05) is 80.6 Å². The van der Waals surface area contributed by atoms with Crippen molar-refractivity contribution in [2.24, 2.45) is 28.6 Å². The Morgan fingerprint density at radius 1 is 0.946 bits per heavy atom. The van der Waals surface area contributed by atoms with Gasteiger partial charge in [-0.05, 0) is 67.4 Å². The zero-order valence-electron chi connectivity index (χ0n) is 21.9. The molecule has 5 heteroatoms. The summed E-state index contributed by atoms with van der Waals surface area (Å²) in [5.41, 5.74) is 3.30. The molecule has 0 radical (unpaired) electrons. The van der Waals surface area contributed by atoms with E-state index in [0.29, 0.717) is 24.2 Å². The van der Waals surface area contributed by atoms with Crippen LogP contribution < -0.4 is 10.6 Å². The number of carbonyl (C=O) groups is 2. The van der Waals surface area contributed by atoms with Crippen LogP contribution in [0, 0.1) is 28.6 Å². The molecule has 0 unspecified atom stereocenters. The lowest BCUT2D eigenvalue weighted by atomic mass is 9.50. The normalized spacial score (nSPS) is 34.5. The van der Waals surface area contributed by atoms with Crippen LogP contribution in [0.5, 0.6) is 0 Å². The number of amides is 2. The molecule has 0 aromatic heterocycles. The van der Waals surface area contributed by atoms with E-state index < -0.39 is 0 Å². The Hall–Kier alpha value is -3.08. The fraction of sp³-hybridized carbons (Fsp3) is 0.500. The van der Waals surface area contributed by atoms with Gasteiger partial charge in [0.05, 0.1) is 6.04 Å². The number of fused-ring (bicyclic) bond motifs is 5. The summed E-state index contributed by atoms with van der Waals surface area (Å²) in [6.07, 6.45) is 8.68. The fourth-order valence-corrected chi connectivity index (χ4v) is 8.27. The second-order valence-electron chi connectivity index (χ2n) is 12.1. The van der Waals surface area contributed by atoms with Crippen molar-refractivity contribution in [1.82, 2.24) is 10.6 Å². The molecule has 3 aliphatic carbocycles. The summed E-state index contributed by atoms with van der Waals surface area (Å²) in [5.74, 6) is 1.86. The van der Waals surface area contributed by atoms with E-state index in [1.54, 1.807) is 0 Å². The van der Waals surface area contributed by atoms with Crippen molar-refractivity contribution >= 4 is 12.0 Å². The smallest absolute Gasteiger partial charge is 0.408 e. The van der Waals surface area contributed by atoms with Gasteiger partial charge in [-0.2, -0.15) is 0 Å². The molecule has 0 spiro atoms. The molecule has 194 valence electrons. The number of carbonyl (C=O) groups excluding carboxylic acids is 2. The van der Waals surface area contributed by atoms with Crippen LogP contribution in [0.25, 0.3) is 0 Å². The molecule has 2 saturated carbocycles. The van der Waals surface area contributed by atoms with Crippen molar-refractivity contribution in [2.45, 2.75) is 70.9 Å². The maximum Gasteiger partial charge on any atom is 0.408 e. The van der Waals surface area contributed by atoms with Crippen LogP contribution in [0.15, 0.2) is 72.4 Å². The van der Waals surface area contributed by atoms with Gasteiger partial charge in [0.15, 0.2) is 0 Å². The van der Waals surface area contributed by atoms with Crippen molar-refractivity contribution in [3.63, 3.8) is 0 Å². The summed E-state index contributed by atoms with van der Waals surface area (Å²) >= 11 is 0. The molecule has 37 heavy (non-hydrogen) atoms. The third kappa shape index (κ3) is 4.17. The Morgan fingerprint density at radius 2 is 1.62 bits per heavy atom. The average molecular weight is 499 g/mol. The van der Waals surface area contributed by atoms with Gasteiger partial charge in [0.2, 0.25) is 5.91 Å². The van der Waals surface area contributed by atoms with Crippen LogP contribution in [-0.2, 0) is 9.53 Å². The number of ether oxygens (including phenoxy) is 1. The molecule has 3 fully saturated rings. The largest absolute Gasteiger partial charge is 0.446 e. The lowest BCUT2D eigenvalue weighted by Crippen LogP contribution is -2.54. The first-order valence-electron chi connectivity index (χ1n) is 14.0. The van der Waals surface area contributed by atoms with Crippen LogP contribution in [0.2, 0.25) is 0 Å². The minimum absolute atomic E-state index is 0.00683. The van der Waals surface area contributed by atoms with E-state index in [1.165, 1.54) is 0 Å². The van der Waals surface area contributed by atoms with Gasteiger partial charge in [-0.15, -0.1) is 0 Å². The summed E-state index contributed by atoms with van der Waals surface area (Å²) in [5, 5.41) is 6.37. The number of nitrogens with one attached hydrogen (secondary N) is 2. The molecule has 6 atom stereocenters. The minimum atomic E-state index is -0.334. The summed E-state index contributed by atoms with van der Waals surface area (Å²) in [7, 11) is 0. The molecule has 6 rings (SSSR count). The zero-order valence-corrected chi connectivity index (χ0v) is 21.9. The Balaban J connectivity index is 1.18. The Kier molecular flexibility index (Phi) is 6.13. The first-order valence-corrected chi connectivity index (χ1v) is 14.0. The number of hydrogen-bond acceptors (Lipinski definition) is 3. The zero-order chi connectivity index (χ0) is 25.6. The van der Waals surface area contributed by atoms with Crippen molar-refractivity contribution in [1.29, 1.82) is 0 Å². The van der Waals surface area contributed by atoms with E-state index >= 15 is 0 Å². The highest BCUT2D eigenvalue weighted by Gasteiger charge is 2.59. The first kappa shape index (κ1) is 24.3. The Bertz CT molecular complexity index is 1160. The second kappa shape index (κ2) is 9.34. The van der Waals surface area contributed by atoms with Crippen molar-refractivity contribution < 1.29 is 14.3 Å². The second-order valence-corrected chi connectivity index (χ2v) is 12.1. The van der Waals surface area contributed by atoms with Crippen molar-refractivity contribution in [3.8, 4) is 0 Å². The number of hydrogen-bond donors (Lipinski definition) is 2. The van der Waals surface area contributed by atoms with Gasteiger partial charge in [0.1, 0.15) is 6.10 Å². The molecular formula is C32H38N2O3. The van der Waals surface area contributed by atoms with Gasteiger partial charge >= 0.3 is 6.09 Å². The van der Waals surface area contributed by atoms with Crippen LogP contribution in [0.1, 0.15) is 76.0 Å². The highest BCUT2D eigenvalue weighted by atomic mass is 16.6. The van der Waals surface area contributed by atoms with Crippen LogP contribution in [0.4, 0.5) is 4.79 Å². The molecule has 0 bridgehead atoms. The Morgan fingerprint density at radius 3 is 2.30 bits per heavy atom. The van der Waals surface area contributed by atoms with Gasteiger partial charge in [-0.3, -0.25) is 4.79 Å². The first-order chi connectivity index (χ1) is 17.9. The van der Waals surface area contributed by atoms with E-state index in [0.717, 1.165) is 55.3 Å². The SMILES string of the molecule is C[C@]12CC[C@H]3[C@@H](CC=C4NC(=O)CC[C@@]43C)[C@@H]1CC[C@@H]2OC(=O)NC(c1ccccc1)c1ccccc1. The van der Waals surface area contributed by atoms with Crippen molar-refractivity contribution in [2.75, 3.05) is 0 Å². The molecule has 1 aliphatic heterocycles. The Labute approximate surface area is 220 Å². The summed E-state index contributed by atoms with van der Waals surface area (Å²) in [6.45, 7) is 4.72. The van der Waals surface area contributed by atoms with Gasteiger partial charge in [0.25, 0.3) is 0 Å². The maximum atomic E-state index is 13.3. The topological polar surface area (TPSA) is 67.4 Å². The molecule has 1 saturated heterocycles. The van der Waals surface area contributed by atoms with Crippen LogP contribution in [-0.4, -0.2) is 18.1 Å². The van der Waals surface area contributed by atoms with Gasteiger partial charge < -0.3 is 15.4 Å². The lowest BCUT2D eigenvalue weighted by molar-refractivity contribution is -0.125. The third-order valence-corrected chi connectivity index (χ3v) is 10.3. The number of benzene rings is 2. The van der Waals surface area contributed by atoms with Crippen LogP contribution in [0.3, 0.4) is 0 Å². The summed E-state index contributed by atoms with van der Waals surface area (Å²) in [6, 6.07) is 19.9. The number of allylic oxidation sites excluding steroid dienone is 2. The van der Waals surface area contributed by atoms with Gasteiger partial charge in [-0.25, -0.2) is 4.79 Å². The van der Waals surface area contributed by atoms with Gasteiger partial charge in [0, 0.05) is 22.9 Å². The molecular weight excluding hydrogens is 460 g/mol. The van der Waals surface area contributed by atoms with Crippen molar-refractivity contribution in [3.05, 3.63) is 83.6 Å². The van der Waals surface area contributed by atoms with E-state index in [9.17, 15) is 9.59 Å². The van der Waals surface area contributed by atoms with E-state index in [2.05, 4.69) is 30.6 Å². The minimum Gasteiger partial charge on any atom is -0.446 e. The molecule has 2 aromatic rings. The molecule has 2 amide bonds. The van der Waals surface area contributed by atoms with E-state index in [-0.39, 0.29) is 35.0 Å². The summed E-state index contributed by atoms with van der Waals surface area (Å²) < 4.78 is 6.26. The molecule has 2 aromatic carbocycles. The quantitative estimate of drug-likeness (QED) is 0.504. The standard InChI is InChI=1S/C32H38N2O3/c1-31-20-18-28(35)33-26(31)15-13-23-24-14-16-27(32(24,2)19-17-25(23)31)37-30(36)34-29(21-9-5-3-6-10-21)22-11-7-4-8-12-22/h3-12,15,23-25,27,29H,13-14,16-20H2,1-2H3,(H,33,35)(H,34,36)/t23-,24-,25-,27-,31+,32-/m0/s1.